The van der Waals surface area contributed by atoms with E-state index in [1.165, 1.54) is 0 Å². The van der Waals surface area contributed by atoms with E-state index in [1.807, 2.05) is 0 Å². The van der Waals surface area contributed by atoms with Crippen LogP contribution < -0.4 is 0 Å². The second-order valence-electron chi connectivity index (χ2n) is 1.81. The zero-order valence-corrected chi connectivity index (χ0v) is 4.95. The molecule has 0 unspecified atom stereocenters. The summed E-state index contributed by atoms with van der Waals surface area (Å²) in [5, 5.41) is 17.0. The number of hydroxylamine groups is 2. The fraction of sp³-hybridized carbons (Fsp3) is 0.600. The Hall–Kier alpha value is -0.580. The van der Waals surface area contributed by atoms with Gasteiger partial charge in [0.2, 0.25) is 0 Å². The van der Waals surface area contributed by atoms with Gasteiger partial charge in [-0.3, -0.25) is 10.4 Å². The van der Waals surface area contributed by atoms with E-state index in [4.69, 9.17) is 15.2 Å². The van der Waals surface area contributed by atoms with Crippen molar-refractivity contribution in [3.63, 3.8) is 0 Å². The summed E-state index contributed by atoms with van der Waals surface area (Å²) in [4.78, 5) is 0. The Morgan fingerprint density at radius 2 is 2.33 bits per heavy atom. The van der Waals surface area contributed by atoms with Gasteiger partial charge >= 0.3 is 0 Å². The minimum Gasteiger partial charge on any atom is -0.377 e. The van der Waals surface area contributed by atoms with Crippen LogP contribution in [0.15, 0.2) is 11.8 Å². The summed E-state index contributed by atoms with van der Waals surface area (Å²) in [6, 6.07) is 0. The van der Waals surface area contributed by atoms with Gasteiger partial charge in [0, 0.05) is 6.42 Å². The molecule has 0 atom stereocenters. The second kappa shape index (κ2) is 2.82. The molecule has 0 aromatic rings. The molecule has 2 N–H and O–H groups in total. The molecule has 0 saturated heterocycles. The third kappa shape index (κ3) is 1.67. The standard InChI is InChI=1S/C5H9NO3/c7-6(8)5-1-3-9-4-2-5/h1,7-8H,2-4H2. The molecule has 0 saturated carbocycles. The maximum Gasteiger partial charge on any atom is 0.0722 e. The summed E-state index contributed by atoms with van der Waals surface area (Å²) in [5.41, 5.74) is 0.501. The first-order valence-corrected chi connectivity index (χ1v) is 2.75. The first-order valence-electron chi connectivity index (χ1n) is 2.75. The van der Waals surface area contributed by atoms with Gasteiger partial charge in [-0.25, -0.2) is 0 Å². The third-order valence-electron chi connectivity index (χ3n) is 1.20. The first kappa shape index (κ1) is 6.54. The minimum absolute atomic E-state index is 0.141. The zero-order valence-electron chi connectivity index (χ0n) is 4.95. The number of hydrogen-bond acceptors (Lipinski definition) is 4. The van der Waals surface area contributed by atoms with Gasteiger partial charge in [-0.15, -0.1) is 5.23 Å². The number of rotatable bonds is 1. The molecule has 1 aliphatic heterocycles. The lowest BCUT2D eigenvalue weighted by Crippen LogP contribution is -2.18. The Labute approximate surface area is 52.9 Å². The molecule has 0 aliphatic carbocycles. The maximum absolute atomic E-state index is 8.44. The van der Waals surface area contributed by atoms with Gasteiger partial charge in [-0.1, -0.05) is 0 Å². The van der Waals surface area contributed by atoms with Gasteiger partial charge in [0.15, 0.2) is 0 Å². The molecule has 1 aliphatic rings. The summed E-state index contributed by atoms with van der Waals surface area (Å²) < 4.78 is 4.92. The normalized spacial score (nSPS) is 19.1. The van der Waals surface area contributed by atoms with E-state index in [1.54, 1.807) is 6.08 Å². The number of hydrogen-bond donors (Lipinski definition) is 2. The molecule has 1 rings (SSSR count). The molecular weight excluding hydrogens is 122 g/mol. The van der Waals surface area contributed by atoms with Gasteiger partial charge in [0.1, 0.15) is 0 Å². The lowest BCUT2D eigenvalue weighted by molar-refractivity contribution is -0.282. The zero-order chi connectivity index (χ0) is 6.69. The van der Waals surface area contributed by atoms with Crippen LogP contribution in [0.3, 0.4) is 0 Å². The van der Waals surface area contributed by atoms with Crippen molar-refractivity contribution in [1.82, 2.24) is 5.23 Å². The van der Waals surface area contributed by atoms with Crippen LogP contribution in [0.1, 0.15) is 6.42 Å². The Bertz CT molecular complexity index is 121. The van der Waals surface area contributed by atoms with Crippen molar-refractivity contribution >= 4 is 0 Å². The number of ether oxygens (including phenoxy) is 1. The fourth-order valence-corrected chi connectivity index (χ4v) is 0.699. The molecule has 1 heterocycles. The third-order valence-corrected chi connectivity index (χ3v) is 1.20. The molecule has 0 bridgehead atoms. The van der Waals surface area contributed by atoms with Crippen molar-refractivity contribution in [3.8, 4) is 0 Å². The molecule has 52 valence electrons. The Morgan fingerprint density at radius 1 is 1.56 bits per heavy atom. The monoisotopic (exact) mass is 131 g/mol. The van der Waals surface area contributed by atoms with Crippen LogP contribution in [-0.2, 0) is 4.74 Å². The summed E-state index contributed by atoms with van der Waals surface area (Å²) in [5.74, 6) is 0. The average Bonchev–Trinajstić information content (AvgIpc) is 1.90. The molecule has 4 nitrogen and oxygen atoms in total. The van der Waals surface area contributed by atoms with E-state index >= 15 is 0 Å². The highest BCUT2D eigenvalue weighted by atomic mass is 16.8. The van der Waals surface area contributed by atoms with Crippen LogP contribution in [0.5, 0.6) is 0 Å². The predicted molar refractivity (Wildman–Crippen MR) is 28.9 cm³/mol. The van der Waals surface area contributed by atoms with Crippen LogP contribution in [0.4, 0.5) is 0 Å². The van der Waals surface area contributed by atoms with Crippen molar-refractivity contribution in [1.29, 1.82) is 0 Å². The highest BCUT2D eigenvalue weighted by Crippen LogP contribution is 2.08. The van der Waals surface area contributed by atoms with Crippen LogP contribution in [0.2, 0.25) is 0 Å². The molecule has 0 amide bonds. The van der Waals surface area contributed by atoms with Crippen molar-refractivity contribution < 1.29 is 15.2 Å². The largest absolute Gasteiger partial charge is 0.377 e. The molecule has 9 heavy (non-hydrogen) atoms. The van der Waals surface area contributed by atoms with Crippen LogP contribution >= 0.6 is 0 Å². The van der Waals surface area contributed by atoms with Crippen molar-refractivity contribution in [2.24, 2.45) is 0 Å². The van der Waals surface area contributed by atoms with Gasteiger partial charge in [-0.2, -0.15) is 0 Å². The molecule has 4 heteroatoms. The average molecular weight is 131 g/mol. The molecule has 0 aromatic heterocycles. The highest BCUT2D eigenvalue weighted by Gasteiger charge is 2.06. The molecular formula is C5H9NO3. The lowest BCUT2D eigenvalue weighted by Gasteiger charge is -2.16. The maximum atomic E-state index is 8.44. The van der Waals surface area contributed by atoms with E-state index in [0.29, 0.717) is 25.3 Å². The minimum atomic E-state index is 0.141. The predicted octanol–water partition coefficient (Wildman–Crippen LogP) is 0.371. The SMILES string of the molecule is ON(O)C1=CCOCC1. The Balaban J connectivity index is 2.46. The van der Waals surface area contributed by atoms with Crippen LogP contribution in [0, 0.1) is 0 Å². The topological polar surface area (TPSA) is 52.9 Å². The van der Waals surface area contributed by atoms with Crippen LogP contribution in [-0.4, -0.2) is 28.9 Å². The quantitative estimate of drug-likeness (QED) is 0.505. The summed E-state index contributed by atoms with van der Waals surface area (Å²) in [7, 11) is 0. The smallest absolute Gasteiger partial charge is 0.0722 e. The second-order valence-corrected chi connectivity index (χ2v) is 1.81. The summed E-state index contributed by atoms with van der Waals surface area (Å²) >= 11 is 0. The molecule has 0 fully saturated rings. The molecule has 0 spiro atoms. The van der Waals surface area contributed by atoms with Crippen molar-refractivity contribution in [2.75, 3.05) is 13.2 Å². The van der Waals surface area contributed by atoms with E-state index < -0.39 is 0 Å². The van der Waals surface area contributed by atoms with Crippen molar-refractivity contribution in [3.05, 3.63) is 11.8 Å². The Kier molecular flexibility index (Phi) is 2.05. The summed E-state index contributed by atoms with van der Waals surface area (Å²) in [6.45, 7) is 1.02. The summed E-state index contributed by atoms with van der Waals surface area (Å²) in [6.07, 6.45) is 2.19. The Morgan fingerprint density at radius 3 is 2.67 bits per heavy atom. The van der Waals surface area contributed by atoms with E-state index in [2.05, 4.69) is 0 Å². The lowest BCUT2D eigenvalue weighted by atomic mass is 10.3. The molecule has 0 radical (unpaired) electrons. The van der Waals surface area contributed by atoms with Crippen molar-refractivity contribution in [2.45, 2.75) is 6.42 Å². The van der Waals surface area contributed by atoms with Gasteiger partial charge in [0.25, 0.3) is 0 Å². The number of nitrogens with zero attached hydrogens (tertiary/aromatic N) is 1. The highest BCUT2D eigenvalue weighted by molar-refractivity contribution is 4.98. The van der Waals surface area contributed by atoms with Gasteiger partial charge in [0.05, 0.1) is 18.9 Å². The fourth-order valence-electron chi connectivity index (χ4n) is 0.699. The van der Waals surface area contributed by atoms with Gasteiger partial charge in [-0.05, 0) is 6.08 Å². The van der Waals surface area contributed by atoms with Gasteiger partial charge < -0.3 is 4.74 Å². The first-order chi connectivity index (χ1) is 4.30. The van der Waals surface area contributed by atoms with E-state index in [-0.39, 0.29) is 5.23 Å². The van der Waals surface area contributed by atoms with Crippen LogP contribution in [0.25, 0.3) is 0 Å². The van der Waals surface area contributed by atoms with E-state index in [9.17, 15) is 0 Å². The molecule has 0 aromatic carbocycles. The van der Waals surface area contributed by atoms with E-state index in [0.717, 1.165) is 0 Å².